The summed E-state index contributed by atoms with van der Waals surface area (Å²) in [5, 5.41) is 9.22. The first-order valence-corrected chi connectivity index (χ1v) is 10.9. The van der Waals surface area contributed by atoms with E-state index in [0.717, 1.165) is 37.6 Å². The maximum Gasteiger partial charge on any atom is 0.497 e. The van der Waals surface area contributed by atoms with Crippen LogP contribution < -0.4 is 10.4 Å². The molecule has 0 saturated heterocycles. The number of carbonyl (C=O) groups excluding carboxylic acids is 3. The summed E-state index contributed by atoms with van der Waals surface area (Å²) >= 11 is 0. The van der Waals surface area contributed by atoms with E-state index in [9.17, 15) is 37.5 Å². The Morgan fingerprint density at radius 3 is 2.44 bits per heavy atom. The number of hydroxylamine groups is 2. The highest BCUT2D eigenvalue weighted by Crippen LogP contribution is 2.34. The van der Waals surface area contributed by atoms with Gasteiger partial charge in [-0.25, -0.2) is 9.59 Å². The molecule has 0 saturated carbocycles. The van der Waals surface area contributed by atoms with Gasteiger partial charge in [0.25, 0.3) is 5.91 Å². The number of aliphatic carboxylic acids is 1. The lowest BCUT2D eigenvalue weighted by Gasteiger charge is -2.27. The molecule has 1 aromatic rings. The molecule has 2 amide bonds. The molecule has 0 fully saturated rings. The van der Waals surface area contributed by atoms with Crippen LogP contribution in [0, 0.1) is 5.92 Å². The average molecular weight is 488 g/mol. The number of rotatable bonds is 10. The quantitative estimate of drug-likeness (QED) is 0.382. The second-order valence-corrected chi connectivity index (χ2v) is 8.42. The molecule has 1 aliphatic rings. The van der Waals surface area contributed by atoms with Crippen LogP contribution in [0.3, 0.4) is 0 Å². The number of nitrogens with zero attached hydrogens (tertiary/aromatic N) is 2. The highest BCUT2D eigenvalue weighted by atomic mass is 19.4. The van der Waals surface area contributed by atoms with Gasteiger partial charge in [0.15, 0.2) is 5.69 Å². The highest BCUT2D eigenvalue weighted by Gasteiger charge is 2.53. The summed E-state index contributed by atoms with van der Waals surface area (Å²) in [5.41, 5.74) is 5.82. The van der Waals surface area contributed by atoms with Crippen LogP contribution in [0.4, 0.5) is 18.9 Å². The predicted octanol–water partition coefficient (Wildman–Crippen LogP) is 2.41. The third-order valence-corrected chi connectivity index (χ3v) is 5.67. The van der Waals surface area contributed by atoms with Crippen LogP contribution in [0.1, 0.15) is 48.5 Å². The highest BCUT2D eigenvalue weighted by molar-refractivity contribution is 6.07. The van der Waals surface area contributed by atoms with Gasteiger partial charge in [-0.3, -0.25) is 14.4 Å². The second kappa shape index (κ2) is 11.0. The van der Waals surface area contributed by atoms with Crippen LogP contribution >= 0.6 is 0 Å². The zero-order valence-corrected chi connectivity index (χ0v) is 19.1. The van der Waals surface area contributed by atoms with E-state index in [2.05, 4.69) is 4.84 Å². The summed E-state index contributed by atoms with van der Waals surface area (Å²) in [7, 11) is 0.953. The minimum atomic E-state index is -5.36. The number of benzene rings is 1. The van der Waals surface area contributed by atoms with Crippen molar-refractivity contribution < 1.29 is 42.3 Å². The Morgan fingerprint density at radius 1 is 1.21 bits per heavy atom. The molecule has 2 atom stereocenters. The van der Waals surface area contributed by atoms with E-state index in [1.807, 2.05) is 0 Å². The smallest absolute Gasteiger partial charge is 0.481 e. The van der Waals surface area contributed by atoms with Gasteiger partial charge in [0, 0.05) is 12.6 Å². The molecule has 1 aromatic carbocycles. The van der Waals surface area contributed by atoms with E-state index < -0.39 is 47.0 Å². The van der Waals surface area contributed by atoms with Crippen LogP contribution in [0.5, 0.6) is 0 Å². The number of aryl methyl sites for hydroxylation is 1. The Balaban J connectivity index is 2.48. The van der Waals surface area contributed by atoms with Crippen molar-refractivity contribution in [3.05, 3.63) is 29.3 Å². The number of halogens is 3. The van der Waals surface area contributed by atoms with Gasteiger partial charge in [0.05, 0.1) is 5.92 Å². The molecule has 188 valence electrons. The molecule has 1 heterocycles. The van der Waals surface area contributed by atoms with Crippen LogP contribution in [-0.4, -0.2) is 66.6 Å². The number of carboxylic acids is 1. The lowest BCUT2D eigenvalue weighted by atomic mass is 10.0. The third-order valence-electron chi connectivity index (χ3n) is 5.67. The summed E-state index contributed by atoms with van der Waals surface area (Å²) in [6.07, 6.45) is -1.32. The van der Waals surface area contributed by atoms with Crippen LogP contribution in [0.2, 0.25) is 0 Å². The van der Waals surface area contributed by atoms with Gasteiger partial charge in [-0.2, -0.15) is 13.2 Å². The lowest BCUT2D eigenvalue weighted by Crippen LogP contribution is -2.56. The fraction of sp³-hybridized carbons (Fsp3) is 0.545. The third kappa shape index (κ3) is 6.32. The Kier molecular flexibility index (Phi) is 8.78. The van der Waals surface area contributed by atoms with Crippen molar-refractivity contribution in [3.8, 4) is 0 Å². The molecule has 2 rings (SSSR count). The molecular formula is C22H29F3N3O6+. The van der Waals surface area contributed by atoms with Crippen molar-refractivity contribution in [2.45, 2.75) is 45.2 Å². The van der Waals surface area contributed by atoms with Gasteiger partial charge in [-0.15, -0.1) is 0 Å². The molecule has 2 unspecified atom stereocenters. The van der Waals surface area contributed by atoms with Crippen molar-refractivity contribution in [2.75, 3.05) is 26.7 Å². The van der Waals surface area contributed by atoms with Crippen molar-refractivity contribution in [3.63, 3.8) is 0 Å². The lowest BCUT2D eigenvalue weighted by molar-refractivity contribution is -0.230. The number of hydrogen-bond acceptors (Lipinski definition) is 6. The zero-order valence-electron chi connectivity index (χ0n) is 19.1. The van der Waals surface area contributed by atoms with Gasteiger partial charge in [-0.05, 0) is 42.1 Å². The fourth-order valence-electron chi connectivity index (χ4n) is 3.66. The summed E-state index contributed by atoms with van der Waals surface area (Å²) in [6, 6.07) is 4.32. The summed E-state index contributed by atoms with van der Waals surface area (Å²) in [6.45, 7) is 0.831. The Bertz CT molecular complexity index is 952. The topological polar surface area (TPSA) is 127 Å². The number of carboxylic acid groups (broad SMARTS) is 1. The van der Waals surface area contributed by atoms with E-state index in [-0.39, 0.29) is 17.8 Å². The summed E-state index contributed by atoms with van der Waals surface area (Å²) < 4.78 is 37.3. The number of alkyl halides is 3. The van der Waals surface area contributed by atoms with Crippen molar-refractivity contribution in [1.29, 1.82) is 0 Å². The number of hydrogen-bond donors (Lipinski definition) is 2. The molecule has 9 nitrogen and oxygen atoms in total. The molecular weight excluding hydrogens is 459 g/mol. The number of fused-ring (bicyclic) bond motifs is 1. The molecule has 3 N–H and O–H groups in total. The number of nitrogens with two attached hydrogens (primary N) is 1. The average Bonchev–Trinajstić information content (AvgIpc) is 2.82. The minimum absolute atomic E-state index is 0.125. The molecule has 0 aliphatic carbocycles. The first kappa shape index (κ1) is 27.3. The van der Waals surface area contributed by atoms with E-state index in [0.29, 0.717) is 18.5 Å². The monoisotopic (exact) mass is 488 g/mol. The maximum atomic E-state index is 13.3. The number of likely N-dealkylation sites (N-methyl/N-ethyl adjacent to an activating group) is 1. The SMILES string of the molecule is CC(CN1CC(=O)[N+](C)(OC(=O)C(F)(F)F)c2ccc(CCCCCCN)cc2C1=O)C(=O)O. The largest absolute Gasteiger partial charge is 0.497 e. The van der Waals surface area contributed by atoms with Crippen LogP contribution in [0.25, 0.3) is 0 Å². The van der Waals surface area contributed by atoms with Gasteiger partial charge < -0.3 is 15.7 Å². The maximum absolute atomic E-state index is 13.3. The first-order chi connectivity index (χ1) is 15.8. The molecule has 0 radical (unpaired) electrons. The Morgan fingerprint density at radius 2 is 1.85 bits per heavy atom. The van der Waals surface area contributed by atoms with E-state index in [1.54, 1.807) is 6.07 Å². The number of amides is 2. The normalized spacial score (nSPS) is 19.4. The van der Waals surface area contributed by atoms with Crippen LogP contribution in [0.15, 0.2) is 18.2 Å². The molecule has 12 heteroatoms. The molecule has 0 aromatic heterocycles. The van der Waals surface area contributed by atoms with Gasteiger partial charge in [0.2, 0.25) is 0 Å². The number of quaternary nitrogens is 1. The summed E-state index contributed by atoms with van der Waals surface area (Å²) in [4.78, 5) is 54.7. The van der Waals surface area contributed by atoms with Crippen molar-refractivity contribution in [2.24, 2.45) is 11.7 Å². The van der Waals surface area contributed by atoms with Gasteiger partial charge in [-0.1, -0.05) is 25.8 Å². The molecule has 34 heavy (non-hydrogen) atoms. The molecule has 0 bridgehead atoms. The minimum Gasteiger partial charge on any atom is -0.481 e. The Labute approximate surface area is 194 Å². The molecule has 0 spiro atoms. The first-order valence-electron chi connectivity index (χ1n) is 10.9. The fourth-order valence-corrected chi connectivity index (χ4v) is 3.66. The Hall–Kier alpha value is -2.99. The zero-order chi connectivity index (χ0) is 25.7. The van der Waals surface area contributed by atoms with Gasteiger partial charge in [0.1, 0.15) is 19.2 Å². The second-order valence-electron chi connectivity index (χ2n) is 8.42. The van der Waals surface area contributed by atoms with E-state index in [4.69, 9.17) is 5.73 Å². The van der Waals surface area contributed by atoms with Crippen molar-refractivity contribution in [1.82, 2.24) is 9.55 Å². The van der Waals surface area contributed by atoms with Crippen molar-refractivity contribution >= 4 is 29.4 Å². The van der Waals surface area contributed by atoms with E-state index in [1.165, 1.54) is 19.1 Å². The standard InChI is InChI=1S/C22H28F3N3O6/c1-14(20(31)32)12-27-13-18(29)28(2,34-21(33)22(23,24)25)17-9-8-15(11-16(17)19(27)30)7-5-3-4-6-10-26/h8-9,11,14H,3-7,10,12-13,26H2,1-2H3/p+1. The molecule has 1 aliphatic heterocycles. The number of unbranched alkanes of at least 4 members (excludes halogenated alkanes) is 3. The van der Waals surface area contributed by atoms with Crippen LogP contribution in [-0.2, 0) is 25.6 Å². The predicted molar refractivity (Wildman–Crippen MR) is 115 cm³/mol. The van der Waals surface area contributed by atoms with Gasteiger partial charge >= 0.3 is 24.0 Å². The number of carbonyl (C=O) groups is 4. The van der Waals surface area contributed by atoms with E-state index >= 15 is 0 Å². The summed E-state index contributed by atoms with van der Waals surface area (Å²) in [5.74, 6) is -6.60.